The first-order chi connectivity index (χ1) is 28.8. The fraction of sp³-hybridized carbons (Fsp3) is 0.103. The average molecular weight is 756 g/mol. The molecule has 2 aliphatic rings. The lowest BCUT2D eigenvalue weighted by Gasteiger charge is -2.28. The topological polar surface area (TPSA) is 3.24 Å². The van der Waals surface area contributed by atoms with E-state index in [1.807, 2.05) is 0 Å². The number of anilines is 3. The second-order valence-electron chi connectivity index (χ2n) is 17.3. The van der Waals surface area contributed by atoms with Crippen LogP contribution in [0.2, 0.25) is 0 Å². The van der Waals surface area contributed by atoms with Gasteiger partial charge in [0.25, 0.3) is 0 Å². The first kappa shape index (κ1) is 35.2. The van der Waals surface area contributed by atoms with Crippen LogP contribution in [0.15, 0.2) is 200 Å². The van der Waals surface area contributed by atoms with Crippen LogP contribution in [-0.2, 0) is 10.8 Å². The fourth-order valence-corrected chi connectivity index (χ4v) is 10.2. The third kappa shape index (κ3) is 5.53. The monoisotopic (exact) mass is 755 g/mol. The molecule has 0 saturated heterocycles. The molecule has 1 nitrogen and oxygen atoms in total. The van der Waals surface area contributed by atoms with Crippen molar-refractivity contribution in [2.75, 3.05) is 4.90 Å². The van der Waals surface area contributed by atoms with Crippen molar-refractivity contribution in [3.05, 3.63) is 222 Å². The summed E-state index contributed by atoms with van der Waals surface area (Å²) in [5.41, 5.74) is 21.6. The van der Waals surface area contributed by atoms with E-state index in [-0.39, 0.29) is 10.8 Å². The standard InChI is InChI=1S/C58H45N/c1-57(2)52-20-12-10-18-48(52)49-35-34-46(37-54(49)57)59(44-30-26-40(27-31-44)38-14-6-5-7-15-38)45-32-28-41(29-33-45)39-22-24-42(25-23-39)51-36-43-16-8-9-17-47(43)56-55(51)50-19-11-13-21-53(50)58(56,3)4/h5-37H,1-4H3. The van der Waals surface area contributed by atoms with E-state index in [0.29, 0.717) is 0 Å². The maximum atomic E-state index is 2.41. The van der Waals surface area contributed by atoms with Crippen molar-refractivity contribution in [2.24, 2.45) is 0 Å². The van der Waals surface area contributed by atoms with E-state index in [0.717, 1.165) is 17.1 Å². The largest absolute Gasteiger partial charge is 0.310 e. The number of hydrogen-bond donors (Lipinski definition) is 0. The molecule has 0 saturated carbocycles. The molecule has 0 fully saturated rings. The van der Waals surface area contributed by atoms with Crippen molar-refractivity contribution >= 4 is 27.8 Å². The Hall–Kier alpha value is -6.96. The van der Waals surface area contributed by atoms with Gasteiger partial charge < -0.3 is 4.90 Å². The van der Waals surface area contributed by atoms with Crippen molar-refractivity contribution in [3.63, 3.8) is 0 Å². The summed E-state index contributed by atoms with van der Waals surface area (Å²) in [7, 11) is 0. The second-order valence-corrected chi connectivity index (χ2v) is 17.3. The zero-order valence-electron chi connectivity index (χ0n) is 34.0. The lowest BCUT2D eigenvalue weighted by Crippen LogP contribution is -2.16. The minimum Gasteiger partial charge on any atom is -0.310 e. The van der Waals surface area contributed by atoms with Gasteiger partial charge in [-0.25, -0.2) is 0 Å². The van der Waals surface area contributed by atoms with Gasteiger partial charge in [0.05, 0.1) is 0 Å². The summed E-state index contributed by atoms with van der Waals surface area (Å²) in [6.45, 7) is 9.47. The highest BCUT2D eigenvalue weighted by Gasteiger charge is 2.39. The molecule has 0 aliphatic heterocycles. The highest BCUT2D eigenvalue weighted by Crippen LogP contribution is 2.55. The van der Waals surface area contributed by atoms with E-state index in [2.05, 4.69) is 233 Å². The van der Waals surface area contributed by atoms with Crippen LogP contribution in [0.25, 0.3) is 66.4 Å². The third-order valence-electron chi connectivity index (χ3n) is 13.3. The van der Waals surface area contributed by atoms with Crippen LogP contribution >= 0.6 is 0 Å². The molecule has 0 unspecified atom stereocenters. The van der Waals surface area contributed by atoms with Gasteiger partial charge in [-0.3, -0.25) is 0 Å². The predicted molar refractivity (Wildman–Crippen MR) is 250 cm³/mol. The van der Waals surface area contributed by atoms with Gasteiger partial charge in [0.1, 0.15) is 0 Å². The van der Waals surface area contributed by atoms with E-state index in [9.17, 15) is 0 Å². The molecule has 0 heterocycles. The fourth-order valence-electron chi connectivity index (χ4n) is 10.2. The van der Waals surface area contributed by atoms with Crippen LogP contribution in [0.4, 0.5) is 17.1 Å². The van der Waals surface area contributed by atoms with Gasteiger partial charge in [-0.1, -0.05) is 185 Å². The first-order valence-electron chi connectivity index (χ1n) is 20.8. The Morgan fingerprint density at radius 2 is 0.797 bits per heavy atom. The summed E-state index contributed by atoms with van der Waals surface area (Å²) in [5.74, 6) is 0. The van der Waals surface area contributed by atoms with Crippen molar-refractivity contribution in [1.29, 1.82) is 0 Å². The number of nitrogens with zero attached hydrogens (tertiary/aromatic N) is 1. The van der Waals surface area contributed by atoms with Gasteiger partial charge in [-0.2, -0.15) is 0 Å². The molecular formula is C58H45N. The maximum Gasteiger partial charge on any atom is 0.0465 e. The zero-order valence-corrected chi connectivity index (χ0v) is 34.0. The van der Waals surface area contributed by atoms with Gasteiger partial charge in [-0.15, -0.1) is 0 Å². The predicted octanol–water partition coefficient (Wildman–Crippen LogP) is 15.9. The number of hydrogen-bond acceptors (Lipinski definition) is 1. The quantitative estimate of drug-likeness (QED) is 0.163. The van der Waals surface area contributed by atoms with E-state index >= 15 is 0 Å². The highest BCUT2D eigenvalue weighted by molar-refractivity contribution is 6.05. The molecule has 0 atom stereocenters. The molecule has 0 N–H and O–H groups in total. The number of fused-ring (bicyclic) bond motifs is 8. The van der Waals surface area contributed by atoms with E-state index < -0.39 is 0 Å². The summed E-state index contributed by atoms with van der Waals surface area (Å²) in [5, 5.41) is 2.64. The van der Waals surface area contributed by atoms with Crippen LogP contribution in [-0.4, -0.2) is 0 Å². The van der Waals surface area contributed by atoms with Crippen LogP contribution in [0.3, 0.4) is 0 Å². The van der Waals surface area contributed by atoms with Gasteiger partial charge >= 0.3 is 0 Å². The molecule has 11 rings (SSSR count). The van der Waals surface area contributed by atoms with E-state index in [4.69, 9.17) is 0 Å². The summed E-state index contributed by atoms with van der Waals surface area (Å²) in [6, 6.07) is 74.1. The van der Waals surface area contributed by atoms with Crippen molar-refractivity contribution < 1.29 is 0 Å². The molecule has 282 valence electrons. The number of benzene rings is 9. The molecule has 9 aromatic carbocycles. The van der Waals surface area contributed by atoms with E-state index in [1.54, 1.807) is 0 Å². The molecule has 2 aliphatic carbocycles. The van der Waals surface area contributed by atoms with Crippen LogP contribution < -0.4 is 4.90 Å². The molecule has 0 radical (unpaired) electrons. The molecular weight excluding hydrogens is 711 g/mol. The van der Waals surface area contributed by atoms with Crippen LogP contribution in [0.5, 0.6) is 0 Å². The SMILES string of the molecule is CC1(C)c2ccccc2-c2ccc(N(c3ccc(-c4ccccc4)cc3)c3ccc(-c4ccc(-c5cc6ccccc6c6c5-c5ccccc5C6(C)C)cc4)cc3)cc21. The third-order valence-corrected chi connectivity index (χ3v) is 13.3. The van der Waals surface area contributed by atoms with Crippen LogP contribution in [0.1, 0.15) is 49.9 Å². The zero-order chi connectivity index (χ0) is 39.9. The van der Waals surface area contributed by atoms with Crippen LogP contribution in [0, 0.1) is 0 Å². The minimum absolute atomic E-state index is 0.0813. The Bertz CT molecular complexity index is 3060. The average Bonchev–Trinajstić information content (AvgIpc) is 3.67. The van der Waals surface area contributed by atoms with Crippen molar-refractivity contribution in [2.45, 2.75) is 38.5 Å². The Balaban J connectivity index is 0.970. The molecule has 1 heteroatoms. The van der Waals surface area contributed by atoms with Gasteiger partial charge in [0.2, 0.25) is 0 Å². The summed E-state index contributed by atoms with van der Waals surface area (Å²) in [6.07, 6.45) is 0. The first-order valence-corrected chi connectivity index (χ1v) is 20.8. The molecule has 0 spiro atoms. The van der Waals surface area contributed by atoms with Gasteiger partial charge in [0, 0.05) is 27.9 Å². The normalized spacial score (nSPS) is 14.0. The Labute approximate surface area is 347 Å². The van der Waals surface area contributed by atoms with E-state index in [1.165, 1.54) is 88.7 Å². The molecule has 9 aromatic rings. The summed E-state index contributed by atoms with van der Waals surface area (Å²) >= 11 is 0. The summed E-state index contributed by atoms with van der Waals surface area (Å²) in [4.78, 5) is 2.40. The highest BCUT2D eigenvalue weighted by atomic mass is 15.1. The second kappa shape index (κ2) is 13.3. The minimum atomic E-state index is -0.0900. The smallest absolute Gasteiger partial charge is 0.0465 e. The lowest BCUT2D eigenvalue weighted by atomic mass is 9.79. The Morgan fingerprint density at radius 1 is 0.322 bits per heavy atom. The molecule has 0 amide bonds. The molecule has 59 heavy (non-hydrogen) atoms. The summed E-state index contributed by atoms with van der Waals surface area (Å²) < 4.78 is 0. The molecule has 0 bridgehead atoms. The van der Waals surface area contributed by atoms with Gasteiger partial charge in [0.15, 0.2) is 0 Å². The maximum absolute atomic E-state index is 2.41. The molecule has 0 aromatic heterocycles. The Morgan fingerprint density at radius 3 is 1.46 bits per heavy atom. The van der Waals surface area contributed by atoms with Crippen molar-refractivity contribution in [1.82, 2.24) is 0 Å². The van der Waals surface area contributed by atoms with Gasteiger partial charge in [-0.05, 0) is 131 Å². The van der Waals surface area contributed by atoms with Crippen molar-refractivity contribution in [3.8, 4) is 55.6 Å². The lowest BCUT2D eigenvalue weighted by molar-refractivity contribution is 0.660. The Kier molecular flexibility index (Phi) is 7.94. The number of rotatable bonds is 6.